The van der Waals surface area contributed by atoms with Crippen LogP contribution in [0.25, 0.3) is 11.3 Å². The number of amides is 3. The number of alkyl halides is 2. The van der Waals surface area contributed by atoms with Crippen LogP contribution in [0.5, 0.6) is 0 Å². The molecule has 2 atom stereocenters. The second-order valence-electron chi connectivity index (χ2n) is 11.5. The lowest BCUT2D eigenvalue weighted by atomic mass is 9.74. The molecule has 1 saturated heterocycles. The summed E-state index contributed by atoms with van der Waals surface area (Å²) in [6, 6.07) is 19.0. The third kappa shape index (κ3) is 6.02. The highest BCUT2D eigenvalue weighted by atomic mass is 35.5. The monoisotopic (exact) mass is 658 g/mol. The molecule has 0 radical (unpaired) electrons. The number of hydrogen-bond acceptors (Lipinski definition) is 6. The molecule has 1 aliphatic heterocycles. The van der Waals surface area contributed by atoms with Crippen LogP contribution in [-0.2, 0) is 14.4 Å². The standard InChI is InChI=1S/C34H26ClF3N6O3/c35-25-6-2-1-5-23(25)30(31(46)42-22-17-33(37,38)18-22)34(12-10-29(45)44(34)28-15-20(19-39)11-14-41-28)32(47)43-21-8-9-24(26(36)16-21)27-7-3-4-13-40-27/h1-9,11,13-16,22,30H,10,12,17-18H2,(H,42,46)(H,43,47)/t30-,34?/m1/s1. The van der Waals surface area contributed by atoms with Gasteiger partial charge >= 0.3 is 0 Å². The van der Waals surface area contributed by atoms with Crippen molar-refractivity contribution < 1.29 is 27.6 Å². The second kappa shape index (κ2) is 12.5. The molecule has 1 aliphatic carbocycles. The molecule has 2 N–H and O–H groups in total. The summed E-state index contributed by atoms with van der Waals surface area (Å²) in [4.78, 5) is 52.2. The van der Waals surface area contributed by atoms with Crippen LogP contribution in [0.4, 0.5) is 24.7 Å². The molecule has 2 aliphatic rings. The highest BCUT2D eigenvalue weighted by Crippen LogP contribution is 2.48. The van der Waals surface area contributed by atoms with E-state index in [2.05, 4.69) is 20.6 Å². The first-order valence-electron chi connectivity index (χ1n) is 14.7. The number of pyridine rings is 2. The topological polar surface area (TPSA) is 128 Å². The van der Waals surface area contributed by atoms with E-state index >= 15 is 4.39 Å². The van der Waals surface area contributed by atoms with Gasteiger partial charge in [0, 0.05) is 54.0 Å². The molecule has 0 spiro atoms. The van der Waals surface area contributed by atoms with Gasteiger partial charge in [-0.1, -0.05) is 35.9 Å². The van der Waals surface area contributed by atoms with E-state index in [0.717, 1.165) is 11.0 Å². The highest BCUT2D eigenvalue weighted by molar-refractivity contribution is 6.32. The van der Waals surface area contributed by atoms with E-state index in [-0.39, 0.29) is 46.1 Å². The van der Waals surface area contributed by atoms with Crippen LogP contribution in [0.3, 0.4) is 0 Å². The first kappa shape index (κ1) is 31.7. The number of nitrogens with zero attached hydrogens (tertiary/aromatic N) is 4. The van der Waals surface area contributed by atoms with Crippen LogP contribution >= 0.6 is 11.6 Å². The van der Waals surface area contributed by atoms with Gasteiger partial charge in [0.2, 0.25) is 11.8 Å². The molecule has 3 heterocycles. The van der Waals surface area contributed by atoms with Crippen molar-refractivity contribution >= 4 is 40.8 Å². The van der Waals surface area contributed by atoms with E-state index in [9.17, 15) is 28.4 Å². The Bertz CT molecular complexity index is 1910. The number of halogens is 4. The summed E-state index contributed by atoms with van der Waals surface area (Å²) in [6.45, 7) is 0. The summed E-state index contributed by atoms with van der Waals surface area (Å²) < 4.78 is 42.9. The molecule has 47 heavy (non-hydrogen) atoms. The average Bonchev–Trinajstić information content (AvgIpc) is 3.39. The van der Waals surface area contributed by atoms with Gasteiger partial charge in [-0.2, -0.15) is 5.26 Å². The normalized spacial score (nSPS) is 19.4. The Hall–Kier alpha value is -5.28. The number of rotatable bonds is 8. The van der Waals surface area contributed by atoms with E-state index in [0.29, 0.717) is 5.69 Å². The fraction of sp³-hybridized carbons (Fsp3) is 0.235. The maximum atomic E-state index is 15.4. The Kier molecular flexibility index (Phi) is 8.42. The van der Waals surface area contributed by atoms with E-state index in [1.807, 2.05) is 6.07 Å². The number of nitrogens with one attached hydrogen (secondary N) is 2. The fourth-order valence-electron chi connectivity index (χ4n) is 6.24. The van der Waals surface area contributed by atoms with E-state index in [4.69, 9.17) is 11.6 Å². The van der Waals surface area contributed by atoms with Crippen LogP contribution in [0.15, 0.2) is 85.2 Å². The zero-order valence-electron chi connectivity index (χ0n) is 24.6. The lowest BCUT2D eigenvalue weighted by molar-refractivity contribution is -0.136. The number of carbonyl (C=O) groups is 3. The zero-order valence-corrected chi connectivity index (χ0v) is 25.3. The Morgan fingerprint density at radius 1 is 1.02 bits per heavy atom. The van der Waals surface area contributed by atoms with Crippen LogP contribution < -0.4 is 15.5 Å². The third-order valence-electron chi connectivity index (χ3n) is 8.43. The van der Waals surface area contributed by atoms with Crippen LogP contribution in [0.2, 0.25) is 5.02 Å². The van der Waals surface area contributed by atoms with Gasteiger partial charge in [-0.3, -0.25) is 24.3 Å². The smallest absolute Gasteiger partial charge is 0.252 e. The molecular weight excluding hydrogens is 633 g/mol. The van der Waals surface area contributed by atoms with Crippen molar-refractivity contribution in [3.8, 4) is 17.3 Å². The lowest BCUT2D eigenvalue weighted by Crippen LogP contribution is -2.63. The molecule has 3 amide bonds. The first-order valence-corrected chi connectivity index (χ1v) is 15.0. The van der Waals surface area contributed by atoms with Crippen molar-refractivity contribution in [3.63, 3.8) is 0 Å². The van der Waals surface area contributed by atoms with Gasteiger partial charge < -0.3 is 10.6 Å². The quantitative estimate of drug-likeness (QED) is 0.239. The van der Waals surface area contributed by atoms with Gasteiger partial charge in [0.25, 0.3) is 11.8 Å². The van der Waals surface area contributed by atoms with Crippen molar-refractivity contribution in [2.45, 2.75) is 49.1 Å². The molecule has 4 aromatic rings. The van der Waals surface area contributed by atoms with Gasteiger partial charge in [0.1, 0.15) is 17.2 Å². The summed E-state index contributed by atoms with van der Waals surface area (Å²) in [6.07, 6.45) is 1.17. The number of anilines is 2. The fourth-order valence-corrected chi connectivity index (χ4v) is 6.48. The number of nitriles is 1. The molecule has 0 bridgehead atoms. The van der Waals surface area contributed by atoms with Crippen LogP contribution in [-0.4, -0.2) is 45.2 Å². The van der Waals surface area contributed by atoms with Crippen molar-refractivity contribution in [1.29, 1.82) is 5.26 Å². The lowest BCUT2D eigenvalue weighted by Gasteiger charge is -2.43. The molecule has 13 heteroatoms. The summed E-state index contributed by atoms with van der Waals surface area (Å²) in [7, 11) is 0. The molecule has 1 unspecified atom stereocenters. The van der Waals surface area contributed by atoms with Gasteiger partial charge in [-0.25, -0.2) is 18.2 Å². The second-order valence-corrected chi connectivity index (χ2v) is 11.9. The predicted octanol–water partition coefficient (Wildman–Crippen LogP) is 6.01. The van der Waals surface area contributed by atoms with E-state index < -0.39 is 59.8 Å². The molecule has 2 fully saturated rings. The van der Waals surface area contributed by atoms with Crippen LogP contribution in [0, 0.1) is 17.1 Å². The summed E-state index contributed by atoms with van der Waals surface area (Å²) >= 11 is 6.62. The Labute approximate surface area is 272 Å². The van der Waals surface area contributed by atoms with Crippen molar-refractivity contribution in [1.82, 2.24) is 15.3 Å². The van der Waals surface area contributed by atoms with Gasteiger partial charge in [0.15, 0.2) is 0 Å². The molecule has 9 nitrogen and oxygen atoms in total. The number of aromatic nitrogens is 2. The average molecular weight is 659 g/mol. The molecule has 238 valence electrons. The Balaban J connectivity index is 1.48. The van der Waals surface area contributed by atoms with E-state index in [1.165, 1.54) is 48.8 Å². The maximum Gasteiger partial charge on any atom is 0.252 e. The molecule has 6 rings (SSSR count). The van der Waals surface area contributed by atoms with Gasteiger partial charge in [0.05, 0.1) is 23.2 Å². The minimum absolute atomic E-state index is 0.0153. The number of carbonyl (C=O) groups excluding carboxylic acids is 3. The van der Waals surface area contributed by atoms with Crippen molar-refractivity contribution in [2.75, 3.05) is 10.2 Å². The third-order valence-corrected chi connectivity index (χ3v) is 8.77. The van der Waals surface area contributed by atoms with E-state index in [1.54, 1.807) is 30.3 Å². The molecule has 1 saturated carbocycles. The van der Waals surface area contributed by atoms with Crippen molar-refractivity contribution in [3.05, 3.63) is 107 Å². The molecule has 2 aromatic heterocycles. The maximum absolute atomic E-state index is 15.4. The van der Waals surface area contributed by atoms with Crippen LogP contribution in [0.1, 0.15) is 42.7 Å². The largest absolute Gasteiger partial charge is 0.352 e. The minimum atomic E-state index is -2.95. The minimum Gasteiger partial charge on any atom is -0.352 e. The SMILES string of the molecule is N#Cc1ccnc(N2C(=O)CCC2(C(=O)Nc2ccc(-c3ccccn3)c(F)c2)[C@@H](C(=O)NC2CC(F)(F)C2)c2ccccc2Cl)c1. The Morgan fingerprint density at radius 2 is 1.79 bits per heavy atom. The number of benzene rings is 2. The molecular formula is C34H26ClF3N6O3. The summed E-state index contributed by atoms with van der Waals surface area (Å²) in [5.74, 6) is -7.54. The first-order chi connectivity index (χ1) is 22.5. The van der Waals surface area contributed by atoms with Gasteiger partial charge in [-0.15, -0.1) is 0 Å². The highest BCUT2D eigenvalue weighted by Gasteiger charge is 2.61. The number of hydrogen-bond donors (Lipinski definition) is 2. The van der Waals surface area contributed by atoms with Gasteiger partial charge in [-0.05, 0) is 60.5 Å². The zero-order chi connectivity index (χ0) is 33.3. The Morgan fingerprint density at radius 3 is 2.47 bits per heavy atom. The summed E-state index contributed by atoms with van der Waals surface area (Å²) in [5.41, 5.74) is -1.24. The predicted molar refractivity (Wildman–Crippen MR) is 167 cm³/mol. The van der Waals surface area contributed by atoms with Crippen molar-refractivity contribution in [2.24, 2.45) is 0 Å². The molecule has 2 aromatic carbocycles. The summed E-state index contributed by atoms with van der Waals surface area (Å²) in [5, 5.41) is 15.0.